The molecule has 1 fully saturated rings. The first-order valence-electron chi connectivity index (χ1n) is 6.80. The molecule has 118 valence electrons. The van der Waals surface area contributed by atoms with Crippen molar-refractivity contribution in [3.63, 3.8) is 0 Å². The number of aliphatic hydroxyl groups is 1. The topological polar surface area (TPSA) is 124 Å². The Labute approximate surface area is 122 Å². The van der Waals surface area contributed by atoms with Gasteiger partial charge in [0.05, 0.1) is 12.3 Å². The van der Waals surface area contributed by atoms with Gasteiger partial charge in [0.2, 0.25) is 10.0 Å². The van der Waals surface area contributed by atoms with Crippen molar-refractivity contribution in [1.29, 1.82) is 0 Å². The number of carboxylic acids is 1. The predicted octanol–water partition coefficient (Wildman–Crippen LogP) is 0.342. The zero-order chi connectivity index (χ0) is 15.6. The molecule has 0 aromatic carbocycles. The number of carboxylic acid groups (broad SMARTS) is 1. The third-order valence-corrected chi connectivity index (χ3v) is 5.83. The van der Waals surface area contributed by atoms with Crippen LogP contribution in [0.1, 0.15) is 41.9 Å². The summed E-state index contributed by atoms with van der Waals surface area (Å²) in [4.78, 5) is 10.9. The first-order chi connectivity index (χ1) is 9.89. The molecule has 1 aliphatic carbocycles. The van der Waals surface area contributed by atoms with Crippen molar-refractivity contribution in [3.05, 3.63) is 11.4 Å². The number of hydrogen-bond donors (Lipinski definition) is 3. The molecule has 21 heavy (non-hydrogen) atoms. The van der Waals surface area contributed by atoms with Crippen molar-refractivity contribution in [3.8, 4) is 0 Å². The molecule has 1 heterocycles. The van der Waals surface area contributed by atoms with Crippen LogP contribution in [0.2, 0.25) is 0 Å². The maximum Gasteiger partial charge on any atom is 0.357 e. The standard InChI is InChI=1S/C12H19N3O5S/c1-8-11(10(12(17)18)14-13-8)21(19,20)15(6-7-16)9-4-2-3-5-9/h9,16H,2-7H2,1H3,(H,13,14)(H,17,18). The Morgan fingerprint density at radius 3 is 2.57 bits per heavy atom. The fourth-order valence-electron chi connectivity index (χ4n) is 2.79. The minimum absolute atomic E-state index is 0.0450. The quantitative estimate of drug-likeness (QED) is 0.695. The Kier molecular flexibility index (Phi) is 4.64. The van der Waals surface area contributed by atoms with E-state index in [-0.39, 0.29) is 29.8 Å². The van der Waals surface area contributed by atoms with Crippen molar-refractivity contribution in [1.82, 2.24) is 14.5 Å². The van der Waals surface area contributed by atoms with Crippen molar-refractivity contribution in [2.75, 3.05) is 13.2 Å². The normalized spacial score (nSPS) is 16.7. The highest BCUT2D eigenvalue weighted by molar-refractivity contribution is 7.89. The molecule has 0 aliphatic heterocycles. The minimum atomic E-state index is -4.01. The van der Waals surface area contributed by atoms with Crippen molar-refractivity contribution in [2.24, 2.45) is 0 Å². The number of nitrogens with one attached hydrogen (secondary N) is 1. The fraction of sp³-hybridized carbons (Fsp3) is 0.667. The van der Waals surface area contributed by atoms with Gasteiger partial charge in [0.15, 0.2) is 5.69 Å². The van der Waals surface area contributed by atoms with Crippen molar-refractivity contribution in [2.45, 2.75) is 43.5 Å². The number of carbonyl (C=O) groups is 1. The summed E-state index contributed by atoms with van der Waals surface area (Å²) in [5.74, 6) is -1.40. The van der Waals surface area contributed by atoms with Gasteiger partial charge < -0.3 is 10.2 Å². The number of sulfonamides is 1. The summed E-state index contributed by atoms with van der Waals surface area (Å²) in [6.45, 7) is 1.11. The fourth-order valence-corrected chi connectivity index (χ4v) is 4.76. The summed E-state index contributed by atoms with van der Waals surface area (Å²) in [6, 6.07) is -0.196. The van der Waals surface area contributed by atoms with E-state index in [1.54, 1.807) is 0 Å². The van der Waals surface area contributed by atoms with Crippen LogP contribution in [0, 0.1) is 6.92 Å². The molecule has 0 amide bonds. The average molecular weight is 317 g/mol. The second-order valence-corrected chi connectivity index (χ2v) is 6.94. The van der Waals surface area contributed by atoms with Gasteiger partial charge in [0, 0.05) is 12.6 Å². The maximum atomic E-state index is 12.8. The average Bonchev–Trinajstić information content (AvgIpc) is 3.04. The van der Waals surface area contributed by atoms with E-state index in [0.29, 0.717) is 0 Å². The van der Waals surface area contributed by atoms with Crippen LogP contribution >= 0.6 is 0 Å². The molecule has 0 atom stereocenters. The number of nitrogens with zero attached hydrogens (tertiary/aromatic N) is 2. The predicted molar refractivity (Wildman–Crippen MR) is 73.5 cm³/mol. The Hall–Kier alpha value is -1.45. The largest absolute Gasteiger partial charge is 0.476 e. The van der Waals surface area contributed by atoms with Gasteiger partial charge in [-0.15, -0.1) is 0 Å². The molecule has 1 aliphatic rings. The van der Waals surface area contributed by atoms with E-state index in [1.807, 2.05) is 0 Å². The monoisotopic (exact) mass is 317 g/mol. The number of aromatic nitrogens is 2. The lowest BCUT2D eigenvalue weighted by atomic mass is 10.2. The van der Waals surface area contributed by atoms with Crippen LogP contribution in [0.3, 0.4) is 0 Å². The van der Waals surface area contributed by atoms with Crippen LogP contribution in [0.4, 0.5) is 0 Å². The lowest BCUT2D eigenvalue weighted by Crippen LogP contribution is -2.41. The number of aromatic carboxylic acids is 1. The number of rotatable bonds is 6. The molecular formula is C12H19N3O5S. The van der Waals surface area contributed by atoms with E-state index in [0.717, 1.165) is 25.7 Å². The summed E-state index contributed by atoms with van der Waals surface area (Å²) in [6.07, 6.45) is 3.30. The summed E-state index contributed by atoms with van der Waals surface area (Å²) in [5.41, 5.74) is -0.318. The van der Waals surface area contributed by atoms with Crippen molar-refractivity contribution < 1.29 is 23.4 Å². The molecule has 0 spiro atoms. The Bertz CT molecular complexity index is 619. The zero-order valence-corrected chi connectivity index (χ0v) is 12.6. The molecule has 1 saturated carbocycles. The number of aliphatic hydroxyl groups excluding tert-OH is 1. The van der Waals surface area contributed by atoms with E-state index in [9.17, 15) is 13.2 Å². The lowest BCUT2D eigenvalue weighted by molar-refractivity contribution is 0.0686. The first-order valence-corrected chi connectivity index (χ1v) is 8.24. The minimum Gasteiger partial charge on any atom is -0.476 e. The molecule has 0 unspecified atom stereocenters. The SMILES string of the molecule is Cc1[nH]nc(C(=O)O)c1S(=O)(=O)N(CCO)C1CCCC1. The van der Waals surface area contributed by atoms with Gasteiger partial charge in [0.1, 0.15) is 4.90 Å². The van der Waals surface area contributed by atoms with Crippen LogP contribution in [-0.4, -0.2) is 58.3 Å². The lowest BCUT2D eigenvalue weighted by Gasteiger charge is -2.27. The van der Waals surface area contributed by atoms with Gasteiger partial charge in [-0.05, 0) is 19.8 Å². The summed E-state index contributed by atoms with van der Waals surface area (Å²) in [7, 11) is -4.01. The number of hydrogen-bond acceptors (Lipinski definition) is 5. The van der Waals surface area contributed by atoms with Gasteiger partial charge in [-0.1, -0.05) is 12.8 Å². The molecule has 3 N–H and O–H groups in total. The van der Waals surface area contributed by atoms with E-state index in [4.69, 9.17) is 10.2 Å². The van der Waals surface area contributed by atoms with Gasteiger partial charge in [0.25, 0.3) is 0 Å². The maximum absolute atomic E-state index is 12.8. The first kappa shape index (κ1) is 15.9. The number of H-pyrrole nitrogens is 1. The van der Waals surface area contributed by atoms with Crippen molar-refractivity contribution >= 4 is 16.0 Å². The molecular weight excluding hydrogens is 298 g/mol. The second-order valence-electron chi connectivity index (χ2n) is 5.11. The van der Waals surface area contributed by atoms with Gasteiger partial charge in [-0.2, -0.15) is 9.40 Å². The zero-order valence-electron chi connectivity index (χ0n) is 11.7. The van der Waals surface area contributed by atoms with Crippen LogP contribution in [-0.2, 0) is 10.0 Å². The molecule has 0 saturated heterocycles. The molecule has 0 bridgehead atoms. The molecule has 9 heteroatoms. The van der Waals surface area contributed by atoms with E-state index >= 15 is 0 Å². The Balaban J connectivity index is 2.47. The van der Waals surface area contributed by atoms with E-state index < -0.39 is 21.7 Å². The van der Waals surface area contributed by atoms with Gasteiger partial charge >= 0.3 is 5.97 Å². The highest BCUT2D eigenvalue weighted by Crippen LogP contribution is 2.30. The van der Waals surface area contributed by atoms with Crippen LogP contribution in [0.15, 0.2) is 4.90 Å². The number of aromatic amines is 1. The molecule has 1 aromatic rings. The molecule has 0 radical (unpaired) electrons. The summed E-state index contributed by atoms with van der Waals surface area (Å²) < 4.78 is 26.8. The number of aryl methyl sites for hydroxylation is 1. The highest BCUT2D eigenvalue weighted by atomic mass is 32.2. The summed E-state index contributed by atoms with van der Waals surface area (Å²) in [5, 5.41) is 24.2. The third kappa shape index (κ3) is 2.94. The van der Waals surface area contributed by atoms with Gasteiger partial charge in [-0.25, -0.2) is 13.2 Å². The van der Waals surface area contributed by atoms with Crippen LogP contribution < -0.4 is 0 Å². The smallest absolute Gasteiger partial charge is 0.357 e. The summed E-state index contributed by atoms with van der Waals surface area (Å²) >= 11 is 0. The van der Waals surface area contributed by atoms with Crippen LogP contribution in [0.5, 0.6) is 0 Å². The van der Waals surface area contributed by atoms with E-state index in [1.165, 1.54) is 11.2 Å². The Morgan fingerprint density at radius 2 is 2.05 bits per heavy atom. The molecule has 8 nitrogen and oxygen atoms in total. The second kappa shape index (κ2) is 6.12. The van der Waals surface area contributed by atoms with Gasteiger partial charge in [-0.3, -0.25) is 5.10 Å². The van der Waals surface area contributed by atoms with E-state index in [2.05, 4.69) is 10.2 Å². The third-order valence-electron chi connectivity index (χ3n) is 3.71. The highest BCUT2D eigenvalue weighted by Gasteiger charge is 2.37. The molecule has 1 aromatic heterocycles. The Morgan fingerprint density at radius 1 is 1.43 bits per heavy atom. The van der Waals surface area contributed by atoms with Crippen LogP contribution in [0.25, 0.3) is 0 Å². The molecule has 2 rings (SSSR count).